The minimum absolute atomic E-state index is 0.119. The normalized spacial score (nSPS) is 15.5. The molecule has 0 saturated carbocycles. The average Bonchev–Trinajstić information content (AvgIpc) is 3.19. The van der Waals surface area contributed by atoms with Gasteiger partial charge in [-0.2, -0.15) is 5.10 Å². The van der Waals surface area contributed by atoms with Crippen LogP contribution in [0.15, 0.2) is 55.1 Å². The third kappa shape index (κ3) is 5.66. The number of nitrogens with one attached hydrogen (secondary N) is 1. The lowest BCUT2D eigenvalue weighted by Gasteiger charge is -2.22. The molecule has 7 nitrogen and oxygen atoms in total. The van der Waals surface area contributed by atoms with Gasteiger partial charge in [-0.05, 0) is 43.8 Å². The minimum Gasteiger partial charge on any atom is -0.323 e. The molecule has 162 valence electrons. The maximum atomic E-state index is 14.0. The van der Waals surface area contributed by atoms with E-state index in [1.807, 2.05) is 12.1 Å². The summed E-state index contributed by atoms with van der Waals surface area (Å²) < 4.78 is 15.5. The average molecular weight is 443 g/mol. The number of carbonyl (C=O) groups is 1. The van der Waals surface area contributed by atoms with E-state index in [2.05, 4.69) is 25.2 Å². The van der Waals surface area contributed by atoms with Crippen molar-refractivity contribution in [2.24, 2.45) is 0 Å². The summed E-state index contributed by atoms with van der Waals surface area (Å²) in [6.07, 6.45) is 3.92. The first-order valence-corrected chi connectivity index (χ1v) is 10.6. The van der Waals surface area contributed by atoms with Crippen LogP contribution in [0.25, 0.3) is 5.69 Å². The van der Waals surface area contributed by atoms with Crippen LogP contribution in [0.2, 0.25) is 5.02 Å². The molecule has 31 heavy (non-hydrogen) atoms. The third-order valence-electron chi connectivity index (χ3n) is 5.30. The highest BCUT2D eigenvalue weighted by atomic mass is 35.5. The summed E-state index contributed by atoms with van der Waals surface area (Å²) in [4.78, 5) is 21.1. The molecule has 1 amide bonds. The Morgan fingerprint density at radius 2 is 1.90 bits per heavy atom. The molecule has 0 unspecified atom stereocenters. The van der Waals surface area contributed by atoms with Gasteiger partial charge in [0.25, 0.3) is 0 Å². The van der Waals surface area contributed by atoms with E-state index in [4.69, 9.17) is 11.6 Å². The maximum absolute atomic E-state index is 14.0. The van der Waals surface area contributed by atoms with Crippen molar-refractivity contribution in [2.45, 2.75) is 13.0 Å². The van der Waals surface area contributed by atoms with Gasteiger partial charge < -0.3 is 5.32 Å². The Kier molecular flexibility index (Phi) is 6.91. The summed E-state index contributed by atoms with van der Waals surface area (Å²) in [6.45, 7) is 4.06. The smallest absolute Gasteiger partial charge is 0.238 e. The molecule has 0 aliphatic carbocycles. The molecule has 2 aromatic carbocycles. The number of nitrogens with zero attached hydrogens (tertiary/aromatic N) is 5. The Labute approximate surface area is 185 Å². The number of hydrogen-bond acceptors (Lipinski definition) is 5. The van der Waals surface area contributed by atoms with Crippen molar-refractivity contribution in [1.82, 2.24) is 24.6 Å². The lowest BCUT2D eigenvalue weighted by atomic mass is 10.2. The molecular weight excluding hydrogens is 419 g/mol. The fourth-order valence-electron chi connectivity index (χ4n) is 3.74. The van der Waals surface area contributed by atoms with Crippen molar-refractivity contribution in [3.63, 3.8) is 0 Å². The molecule has 9 heteroatoms. The number of benzene rings is 2. The summed E-state index contributed by atoms with van der Waals surface area (Å²) in [7, 11) is 0. The first-order chi connectivity index (χ1) is 15.1. The van der Waals surface area contributed by atoms with Gasteiger partial charge in [-0.3, -0.25) is 14.6 Å². The molecule has 1 aromatic heterocycles. The molecule has 1 saturated heterocycles. The van der Waals surface area contributed by atoms with Crippen LogP contribution in [-0.2, 0) is 11.3 Å². The molecule has 0 atom stereocenters. The Morgan fingerprint density at radius 3 is 2.71 bits per heavy atom. The van der Waals surface area contributed by atoms with Crippen molar-refractivity contribution in [2.75, 3.05) is 38.0 Å². The maximum Gasteiger partial charge on any atom is 0.238 e. The number of halogens is 2. The SMILES string of the molecule is O=C(CN1CCCN(Cc2ccccc2F)CC1)Nc1cc(Cl)ccc1-n1cncn1. The van der Waals surface area contributed by atoms with Gasteiger partial charge in [0, 0.05) is 30.2 Å². The second-order valence-corrected chi connectivity index (χ2v) is 7.98. The Morgan fingerprint density at radius 1 is 1.10 bits per heavy atom. The van der Waals surface area contributed by atoms with Crippen molar-refractivity contribution in [3.8, 4) is 5.69 Å². The highest BCUT2D eigenvalue weighted by Crippen LogP contribution is 2.24. The van der Waals surface area contributed by atoms with Crippen molar-refractivity contribution < 1.29 is 9.18 Å². The number of hydrogen-bond donors (Lipinski definition) is 1. The third-order valence-corrected chi connectivity index (χ3v) is 5.53. The molecule has 1 fully saturated rings. The van der Waals surface area contributed by atoms with E-state index in [1.54, 1.807) is 35.3 Å². The van der Waals surface area contributed by atoms with E-state index in [0.717, 1.165) is 32.6 Å². The van der Waals surface area contributed by atoms with E-state index < -0.39 is 0 Å². The molecule has 1 aliphatic rings. The first kappa shape index (κ1) is 21.4. The first-order valence-electron chi connectivity index (χ1n) is 10.2. The quantitative estimate of drug-likeness (QED) is 0.635. The second kappa shape index (κ2) is 10.00. The van der Waals surface area contributed by atoms with Crippen LogP contribution < -0.4 is 5.32 Å². The highest BCUT2D eigenvalue weighted by Gasteiger charge is 2.19. The van der Waals surface area contributed by atoms with Gasteiger partial charge in [-0.25, -0.2) is 14.1 Å². The highest BCUT2D eigenvalue weighted by molar-refractivity contribution is 6.31. The monoisotopic (exact) mass is 442 g/mol. The zero-order chi connectivity index (χ0) is 21.6. The van der Waals surface area contributed by atoms with Crippen LogP contribution in [0.3, 0.4) is 0 Å². The molecular formula is C22H24ClFN6O. The zero-order valence-electron chi connectivity index (χ0n) is 17.0. The van der Waals surface area contributed by atoms with Gasteiger partial charge in [-0.1, -0.05) is 29.8 Å². The number of rotatable bonds is 6. The van der Waals surface area contributed by atoms with Crippen LogP contribution in [-0.4, -0.2) is 63.2 Å². The standard InChI is InChI=1S/C22H24ClFN6O/c23-18-6-7-21(30-16-25-15-26-30)20(12-18)27-22(31)14-29-9-3-8-28(10-11-29)13-17-4-1-2-5-19(17)24/h1-2,4-7,12,15-16H,3,8-11,13-14H2,(H,27,31). The molecule has 1 aliphatic heterocycles. The predicted octanol–water partition coefficient (Wildman–Crippen LogP) is 3.21. The van der Waals surface area contributed by atoms with Gasteiger partial charge in [0.1, 0.15) is 18.5 Å². The van der Waals surface area contributed by atoms with Crippen LogP contribution in [0.1, 0.15) is 12.0 Å². The topological polar surface area (TPSA) is 66.3 Å². The molecule has 0 spiro atoms. The van der Waals surface area contributed by atoms with E-state index in [9.17, 15) is 9.18 Å². The number of carbonyl (C=O) groups excluding carboxylic acids is 1. The van der Waals surface area contributed by atoms with Crippen molar-refractivity contribution in [3.05, 3.63) is 71.5 Å². The second-order valence-electron chi connectivity index (χ2n) is 7.55. The van der Waals surface area contributed by atoms with E-state index in [-0.39, 0.29) is 18.3 Å². The molecule has 1 N–H and O–H groups in total. The predicted molar refractivity (Wildman–Crippen MR) is 118 cm³/mol. The Balaban J connectivity index is 1.35. The van der Waals surface area contributed by atoms with Gasteiger partial charge in [0.15, 0.2) is 0 Å². The molecule has 0 radical (unpaired) electrons. The molecule has 0 bridgehead atoms. The summed E-state index contributed by atoms with van der Waals surface area (Å²) in [5, 5.41) is 7.60. The summed E-state index contributed by atoms with van der Waals surface area (Å²) in [6, 6.07) is 12.1. The van der Waals surface area contributed by atoms with Crippen LogP contribution >= 0.6 is 11.6 Å². The van der Waals surface area contributed by atoms with Gasteiger partial charge in [0.2, 0.25) is 5.91 Å². The molecule has 3 aromatic rings. The lowest BCUT2D eigenvalue weighted by Crippen LogP contribution is -2.36. The van der Waals surface area contributed by atoms with E-state index in [1.165, 1.54) is 12.4 Å². The van der Waals surface area contributed by atoms with Crippen LogP contribution in [0, 0.1) is 5.82 Å². The van der Waals surface area contributed by atoms with E-state index >= 15 is 0 Å². The summed E-state index contributed by atoms with van der Waals surface area (Å²) in [5.41, 5.74) is 1.98. The summed E-state index contributed by atoms with van der Waals surface area (Å²) in [5.74, 6) is -0.293. The van der Waals surface area contributed by atoms with Crippen molar-refractivity contribution >= 4 is 23.2 Å². The van der Waals surface area contributed by atoms with Crippen LogP contribution in [0.5, 0.6) is 0 Å². The minimum atomic E-state index is -0.173. The largest absolute Gasteiger partial charge is 0.323 e. The number of aromatic nitrogens is 3. The van der Waals surface area contributed by atoms with Gasteiger partial charge in [-0.15, -0.1) is 0 Å². The van der Waals surface area contributed by atoms with Gasteiger partial charge in [0.05, 0.1) is 17.9 Å². The number of amides is 1. The molecule has 2 heterocycles. The Bertz CT molecular complexity index is 1030. The Hall–Kier alpha value is -2.81. The fraction of sp³-hybridized carbons (Fsp3) is 0.318. The zero-order valence-corrected chi connectivity index (χ0v) is 17.8. The molecule has 4 rings (SSSR count). The lowest BCUT2D eigenvalue weighted by molar-refractivity contribution is -0.117. The van der Waals surface area contributed by atoms with Crippen molar-refractivity contribution in [1.29, 1.82) is 0 Å². The number of anilines is 1. The summed E-state index contributed by atoms with van der Waals surface area (Å²) >= 11 is 6.13. The van der Waals surface area contributed by atoms with Gasteiger partial charge >= 0.3 is 0 Å². The van der Waals surface area contributed by atoms with Crippen LogP contribution in [0.4, 0.5) is 10.1 Å². The fourth-order valence-corrected chi connectivity index (χ4v) is 3.91. The van der Waals surface area contributed by atoms with E-state index in [0.29, 0.717) is 28.5 Å².